The summed E-state index contributed by atoms with van der Waals surface area (Å²) in [6, 6.07) is 34.0. The Labute approximate surface area is 171 Å². The van der Waals surface area contributed by atoms with E-state index >= 15 is 0 Å². The van der Waals surface area contributed by atoms with E-state index in [1.807, 2.05) is 0 Å². The van der Waals surface area contributed by atoms with Gasteiger partial charge in [0.15, 0.2) is 0 Å². The molecule has 0 N–H and O–H groups in total. The van der Waals surface area contributed by atoms with Crippen LogP contribution in [0.15, 0.2) is 97.1 Å². The summed E-state index contributed by atoms with van der Waals surface area (Å²) in [6.45, 7) is 4.35. The van der Waals surface area contributed by atoms with Gasteiger partial charge in [0.1, 0.15) is 0 Å². The highest BCUT2D eigenvalue weighted by atomic mass is 15.2. The average molecular weight is 374 g/mol. The van der Waals surface area contributed by atoms with Crippen LogP contribution >= 0.6 is 0 Å². The maximum Gasteiger partial charge on any atom is 0.0730 e. The molecule has 1 aromatic heterocycles. The third-order valence-corrected chi connectivity index (χ3v) is 5.50. The van der Waals surface area contributed by atoms with Crippen molar-refractivity contribution < 1.29 is 0 Å². The summed E-state index contributed by atoms with van der Waals surface area (Å²) in [7, 11) is 0. The Morgan fingerprint density at radius 3 is 1.41 bits per heavy atom. The lowest BCUT2D eigenvalue weighted by atomic mass is 10.0. The zero-order valence-electron chi connectivity index (χ0n) is 16.6. The van der Waals surface area contributed by atoms with Gasteiger partial charge < -0.3 is 4.90 Å². The zero-order valence-corrected chi connectivity index (χ0v) is 16.6. The van der Waals surface area contributed by atoms with Gasteiger partial charge in [0.05, 0.1) is 16.7 Å². The van der Waals surface area contributed by atoms with Crippen LogP contribution in [0.4, 0.5) is 17.1 Å². The Hall–Kier alpha value is -3.65. The van der Waals surface area contributed by atoms with Crippen molar-refractivity contribution >= 4 is 38.9 Å². The average Bonchev–Trinajstić information content (AvgIpc) is 2.76. The number of hydrogen-bond acceptors (Lipinski definition) is 2. The van der Waals surface area contributed by atoms with Crippen LogP contribution in [-0.2, 0) is 0 Å². The molecule has 0 bridgehead atoms. The number of rotatable bonds is 3. The fourth-order valence-electron chi connectivity index (χ4n) is 4.06. The third kappa shape index (κ3) is 2.94. The van der Waals surface area contributed by atoms with Crippen molar-refractivity contribution in [3.05, 3.63) is 108 Å². The Kier molecular flexibility index (Phi) is 4.25. The molecule has 0 aliphatic heterocycles. The Morgan fingerprint density at radius 1 is 0.517 bits per heavy atom. The molecule has 0 aliphatic carbocycles. The molecule has 0 saturated heterocycles. The highest BCUT2D eigenvalue weighted by molar-refractivity contribution is 6.11. The molecule has 5 rings (SSSR count). The van der Waals surface area contributed by atoms with Gasteiger partial charge in [-0.25, -0.2) is 4.98 Å². The minimum Gasteiger partial charge on any atom is -0.309 e. The van der Waals surface area contributed by atoms with Crippen molar-refractivity contribution in [1.29, 1.82) is 0 Å². The minimum atomic E-state index is 1.01. The molecule has 29 heavy (non-hydrogen) atoms. The van der Waals surface area contributed by atoms with E-state index in [2.05, 4.69) is 116 Å². The standard InChI is InChI=1S/C27H22N2/c1-19-11-3-9-17-25(19)29(26-18-10-4-12-20(26)2)27-21-13-5-7-15-23(21)28-24-16-8-6-14-22(24)27/h3-18H,1-2H3. The molecule has 4 aromatic carbocycles. The van der Waals surface area contributed by atoms with Gasteiger partial charge in [-0.15, -0.1) is 0 Å². The van der Waals surface area contributed by atoms with Crippen LogP contribution in [0.25, 0.3) is 21.8 Å². The number of hydrogen-bond donors (Lipinski definition) is 0. The van der Waals surface area contributed by atoms with Crippen molar-refractivity contribution in [2.45, 2.75) is 13.8 Å². The Balaban J connectivity index is 1.96. The molecule has 0 unspecified atom stereocenters. The lowest BCUT2D eigenvalue weighted by molar-refractivity contribution is 1.24. The lowest BCUT2D eigenvalue weighted by Gasteiger charge is -2.30. The summed E-state index contributed by atoms with van der Waals surface area (Å²) in [4.78, 5) is 7.33. The first-order chi connectivity index (χ1) is 14.2. The molecular formula is C27H22N2. The molecular weight excluding hydrogens is 352 g/mol. The second-order valence-corrected chi connectivity index (χ2v) is 7.40. The number of pyridine rings is 1. The second-order valence-electron chi connectivity index (χ2n) is 7.40. The summed E-state index contributed by atoms with van der Waals surface area (Å²) in [5, 5.41) is 2.30. The summed E-state index contributed by atoms with van der Waals surface area (Å²) in [5.41, 5.74) is 8.03. The van der Waals surface area contributed by atoms with E-state index in [1.54, 1.807) is 0 Å². The first-order valence-electron chi connectivity index (χ1n) is 9.93. The minimum absolute atomic E-state index is 1.01. The number of para-hydroxylation sites is 4. The van der Waals surface area contributed by atoms with E-state index in [1.165, 1.54) is 28.2 Å². The first-order valence-corrected chi connectivity index (χ1v) is 9.93. The molecule has 1 heterocycles. The van der Waals surface area contributed by atoms with Crippen LogP contribution in [0.2, 0.25) is 0 Å². The number of aryl methyl sites for hydroxylation is 2. The van der Waals surface area contributed by atoms with Crippen LogP contribution < -0.4 is 4.90 Å². The molecule has 0 fully saturated rings. The Bertz CT molecular complexity index is 1240. The molecule has 0 aliphatic rings. The van der Waals surface area contributed by atoms with Gasteiger partial charge in [0.2, 0.25) is 0 Å². The second kappa shape index (κ2) is 7.06. The number of fused-ring (bicyclic) bond motifs is 2. The van der Waals surface area contributed by atoms with Crippen LogP contribution in [0.1, 0.15) is 11.1 Å². The van der Waals surface area contributed by atoms with Gasteiger partial charge in [-0.2, -0.15) is 0 Å². The van der Waals surface area contributed by atoms with E-state index in [0.717, 1.165) is 21.8 Å². The maximum absolute atomic E-state index is 4.93. The van der Waals surface area contributed by atoms with Gasteiger partial charge in [-0.1, -0.05) is 72.8 Å². The van der Waals surface area contributed by atoms with Crippen molar-refractivity contribution in [3.8, 4) is 0 Å². The van der Waals surface area contributed by atoms with Crippen LogP contribution in [0.3, 0.4) is 0 Å². The summed E-state index contributed by atoms with van der Waals surface area (Å²) in [5.74, 6) is 0. The van der Waals surface area contributed by atoms with E-state index in [9.17, 15) is 0 Å². The summed E-state index contributed by atoms with van der Waals surface area (Å²) < 4.78 is 0. The highest BCUT2D eigenvalue weighted by Gasteiger charge is 2.21. The monoisotopic (exact) mass is 374 g/mol. The number of nitrogens with zero attached hydrogens (tertiary/aromatic N) is 2. The lowest BCUT2D eigenvalue weighted by Crippen LogP contribution is -2.14. The summed E-state index contributed by atoms with van der Waals surface area (Å²) >= 11 is 0. The topological polar surface area (TPSA) is 16.1 Å². The smallest absolute Gasteiger partial charge is 0.0730 e. The number of benzene rings is 4. The normalized spacial score (nSPS) is 11.1. The molecule has 0 spiro atoms. The molecule has 2 heteroatoms. The fourth-order valence-corrected chi connectivity index (χ4v) is 4.06. The SMILES string of the molecule is Cc1ccccc1N(c1ccccc1C)c1c2ccccc2nc2ccccc12. The third-order valence-electron chi connectivity index (χ3n) is 5.50. The van der Waals surface area contributed by atoms with Gasteiger partial charge in [-0.3, -0.25) is 0 Å². The van der Waals surface area contributed by atoms with Crippen LogP contribution in [0.5, 0.6) is 0 Å². The molecule has 140 valence electrons. The van der Waals surface area contributed by atoms with Gasteiger partial charge in [0.25, 0.3) is 0 Å². The van der Waals surface area contributed by atoms with Crippen molar-refractivity contribution in [2.75, 3.05) is 4.90 Å². The highest BCUT2D eigenvalue weighted by Crippen LogP contribution is 2.44. The molecule has 0 saturated carbocycles. The fraction of sp³-hybridized carbons (Fsp3) is 0.0741. The predicted octanol–water partition coefficient (Wildman–Crippen LogP) is 7.47. The summed E-state index contributed by atoms with van der Waals surface area (Å²) in [6.07, 6.45) is 0. The van der Waals surface area contributed by atoms with E-state index in [0.29, 0.717) is 0 Å². The molecule has 0 radical (unpaired) electrons. The van der Waals surface area contributed by atoms with Gasteiger partial charge in [-0.05, 0) is 49.2 Å². The van der Waals surface area contributed by atoms with Gasteiger partial charge >= 0.3 is 0 Å². The van der Waals surface area contributed by atoms with Gasteiger partial charge in [0, 0.05) is 22.1 Å². The molecule has 0 amide bonds. The van der Waals surface area contributed by atoms with E-state index in [4.69, 9.17) is 4.98 Å². The van der Waals surface area contributed by atoms with Crippen molar-refractivity contribution in [3.63, 3.8) is 0 Å². The van der Waals surface area contributed by atoms with Crippen LogP contribution in [0, 0.1) is 13.8 Å². The largest absolute Gasteiger partial charge is 0.309 e. The zero-order chi connectivity index (χ0) is 19.8. The molecule has 2 nitrogen and oxygen atoms in total. The van der Waals surface area contributed by atoms with E-state index < -0.39 is 0 Å². The van der Waals surface area contributed by atoms with Crippen molar-refractivity contribution in [1.82, 2.24) is 4.98 Å². The quantitative estimate of drug-likeness (QED) is 0.304. The first kappa shape index (κ1) is 17.4. The van der Waals surface area contributed by atoms with E-state index in [-0.39, 0.29) is 0 Å². The molecule has 5 aromatic rings. The number of aromatic nitrogens is 1. The van der Waals surface area contributed by atoms with Crippen LogP contribution in [-0.4, -0.2) is 4.98 Å². The number of anilines is 3. The Morgan fingerprint density at radius 2 is 0.931 bits per heavy atom. The van der Waals surface area contributed by atoms with Crippen molar-refractivity contribution in [2.24, 2.45) is 0 Å². The maximum atomic E-state index is 4.93. The predicted molar refractivity (Wildman–Crippen MR) is 123 cm³/mol. The molecule has 0 atom stereocenters.